The minimum atomic E-state index is -0.693. The van der Waals surface area contributed by atoms with Crippen molar-refractivity contribution in [2.24, 2.45) is 0 Å². The molecule has 0 unspecified atom stereocenters. The number of halogens is 1. The number of ether oxygens (including phenoxy) is 1. The average molecular weight is 476 g/mol. The predicted octanol–water partition coefficient (Wildman–Crippen LogP) is 2.73. The molecule has 2 rings (SSSR count). The average Bonchev–Trinajstić information content (AvgIpc) is 2.76. The summed E-state index contributed by atoms with van der Waals surface area (Å²) in [7, 11) is 0. The molecule has 0 aliphatic heterocycles. The zero-order valence-electron chi connectivity index (χ0n) is 16.4. The van der Waals surface area contributed by atoms with Gasteiger partial charge in [0.15, 0.2) is 6.61 Å². The number of hydrazine groups is 1. The summed E-state index contributed by atoms with van der Waals surface area (Å²) in [6.07, 6.45) is 0.311. The van der Waals surface area contributed by atoms with Crippen molar-refractivity contribution in [3.8, 4) is 0 Å². The van der Waals surface area contributed by atoms with Gasteiger partial charge in [-0.15, -0.1) is 0 Å². The fourth-order valence-electron chi connectivity index (χ4n) is 2.45. The maximum absolute atomic E-state index is 12.0. The number of esters is 1. The number of anilines is 1. The number of carbonyl (C=O) groups is 4. The van der Waals surface area contributed by atoms with Crippen LogP contribution in [0.2, 0.25) is 0 Å². The highest BCUT2D eigenvalue weighted by atomic mass is 79.9. The van der Waals surface area contributed by atoms with Crippen LogP contribution in [0.3, 0.4) is 0 Å². The largest absolute Gasteiger partial charge is 0.456 e. The number of hydrogen-bond acceptors (Lipinski definition) is 5. The van der Waals surface area contributed by atoms with Gasteiger partial charge < -0.3 is 10.1 Å². The topological polar surface area (TPSA) is 114 Å². The molecule has 3 N–H and O–H groups in total. The highest BCUT2D eigenvalue weighted by molar-refractivity contribution is 9.10. The molecule has 0 radical (unpaired) electrons. The molecule has 0 aliphatic rings. The van der Waals surface area contributed by atoms with Crippen molar-refractivity contribution < 1.29 is 23.9 Å². The molecule has 2 aromatic rings. The van der Waals surface area contributed by atoms with Gasteiger partial charge in [0.25, 0.3) is 11.8 Å². The summed E-state index contributed by atoms with van der Waals surface area (Å²) in [6.45, 7) is 1.51. The molecule has 0 bridgehead atoms. The van der Waals surface area contributed by atoms with Gasteiger partial charge in [-0.2, -0.15) is 0 Å². The Morgan fingerprint density at radius 1 is 0.933 bits per heavy atom. The molecule has 0 aromatic heterocycles. The van der Waals surface area contributed by atoms with Gasteiger partial charge in [-0.25, -0.2) is 0 Å². The van der Waals surface area contributed by atoms with Crippen LogP contribution in [0, 0.1) is 0 Å². The summed E-state index contributed by atoms with van der Waals surface area (Å²) in [5.41, 5.74) is 6.46. The Bertz CT molecular complexity index is 918. The molecule has 158 valence electrons. The number of carbonyl (C=O) groups excluding carboxylic acids is 4. The van der Waals surface area contributed by atoms with Gasteiger partial charge in [-0.05, 0) is 42.3 Å². The van der Waals surface area contributed by atoms with E-state index in [-0.39, 0.29) is 12.8 Å². The summed E-state index contributed by atoms with van der Waals surface area (Å²) < 4.78 is 5.80. The third-order valence-corrected chi connectivity index (χ3v) is 4.49. The first-order chi connectivity index (χ1) is 14.4. The standard InChI is InChI=1S/C21H22BrN3O5/c1-2-14-12-16(22)8-9-17(14)23-19(27)13-30-20(28)11-10-18(26)24-25-21(29)15-6-4-3-5-7-15/h3-9,12H,2,10-11,13H2,1H3,(H,23,27)(H,24,26)(H,25,29). The number of rotatable bonds is 8. The van der Waals surface area contributed by atoms with Crippen molar-refractivity contribution in [1.29, 1.82) is 0 Å². The lowest BCUT2D eigenvalue weighted by Gasteiger charge is -2.11. The minimum absolute atomic E-state index is 0.192. The second-order valence-corrected chi connectivity index (χ2v) is 7.15. The molecular formula is C21H22BrN3O5. The Morgan fingerprint density at radius 3 is 2.37 bits per heavy atom. The van der Waals surface area contributed by atoms with Crippen LogP contribution in [-0.2, 0) is 25.5 Å². The molecule has 0 fully saturated rings. The first-order valence-electron chi connectivity index (χ1n) is 9.27. The van der Waals surface area contributed by atoms with Crippen LogP contribution in [0.1, 0.15) is 35.7 Å². The lowest BCUT2D eigenvalue weighted by Crippen LogP contribution is -2.41. The lowest BCUT2D eigenvalue weighted by atomic mass is 10.1. The van der Waals surface area contributed by atoms with Crippen LogP contribution in [0.25, 0.3) is 0 Å². The van der Waals surface area contributed by atoms with Crippen LogP contribution >= 0.6 is 15.9 Å². The van der Waals surface area contributed by atoms with E-state index >= 15 is 0 Å². The fraction of sp³-hybridized carbons (Fsp3) is 0.238. The van der Waals surface area contributed by atoms with Gasteiger partial charge in [-0.3, -0.25) is 30.0 Å². The van der Waals surface area contributed by atoms with Gasteiger partial charge in [0.05, 0.1) is 6.42 Å². The van der Waals surface area contributed by atoms with E-state index in [4.69, 9.17) is 4.74 Å². The summed E-state index contributed by atoms with van der Waals surface area (Å²) in [4.78, 5) is 47.3. The third kappa shape index (κ3) is 7.67. The summed E-state index contributed by atoms with van der Waals surface area (Å²) in [5.74, 6) is -2.19. The Morgan fingerprint density at radius 2 is 1.67 bits per heavy atom. The van der Waals surface area contributed by atoms with Gasteiger partial charge in [0, 0.05) is 22.1 Å². The van der Waals surface area contributed by atoms with E-state index in [1.54, 1.807) is 42.5 Å². The van der Waals surface area contributed by atoms with Crippen molar-refractivity contribution in [3.05, 3.63) is 64.1 Å². The number of amides is 3. The monoisotopic (exact) mass is 475 g/mol. The molecule has 0 heterocycles. The molecule has 0 aliphatic carbocycles. The zero-order valence-corrected chi connectivity index (χ0v) is 18.0. The molecule has 0 spiro atoms. The fourth-order valence-corrected chi connectivity index (χ4v) is 2.86. The second kappa shape index (κ2) is 11.7. The van der Waals surface area contributed by atoms with E-state index in [1.807, 2.05) is 13.0 Å². The maximum Gasteiger partial charge on any atom is 0.306 e. The van der Waals surface area contributed by atoms with Crippen LogP contribution in [0.15, 0.2) is 53.0 Å². The molecule has 3 amide bonds. The lowest BCUT2D eigenvalue weighted by molar-refractivity contribution is -0.148. The molecule has 2 aromatic carbocycles. The molecule has 8 nitrogen and oxygen atoms in total. The molecule has 0 saturated heterocycles. The Labute approximate surface area is 182 Å². The summed E-state index contributed by atoms with van der Waals surface area (Å²) in [5, 5.41) is 2.69. The number of benzene rings is 2. The van der Waals surface area contributed by atoms with Gasteiger partial charge in [0.1, 0.15) is 0 Å². The molecular weight excluding hydrogens is 454 g/mol. The minimum Gasteiger partial charge on any atom is -0.456 e. The van der Waals surface area contributed by atoms with Crippen LogP contribution in [0.5, 0.6) is 0 Å². The van der Waals surface area contributed by atoms with E-state index in [0.717, 1.165) is 16.5 Å². The zero-order chi connectivity index (χ0) is 21.9. The van der Waals surface area contributed by atoms with Crippen molar-refractivity contribution in [1.82, 2.24) is 10.9 Å². The van der Waals surface area contributed by atoms with Crippen LogP contribution in [-0.4, -0.2) is 30.3 Å². The van der Waals surface area contributed by atoms with E-state index in [0.29, 0.717) is 11.3 Å². The Kier molecular flexibility index (Phi) is 9.02. The van der Waals surface area contributed by atoms with E-state index in [1.165, 1.54) is 0 Å². The molecule has 0 saturated carbocycles. The van der Waals surface area contributed by atoms with Crippen molar-refractivity contribution in [2.45, 2.75) is 26.2 Å². The van der Waals surface area contributed by atoms with Gasteiger partial charge >= 0.3 is 5.97 Å². The number of aryl methyl sites for hydroxylation is 1. The number of nitrogens with one attached hydrogen (secondary N) is 3. The SMILES string of the molecule is CCc1cc(Br)ccc1NC(=O)COC(=O)CCC(=O)NNC(=O)c1ccccc1. The van der Waals surface area contributed by atoms with Gasteiger partial charge in [-0.1, -0.05) is 41.1 Å². The van der Waals surface area contributed by atoms with Crippen molar-refractivity contribution in [2.75, 3.05) is 11.9 Å². The maximum atomic E-state index is 12.0. The quantitative estimate of drug-likeness (QED) is 0.401. The smallest absolute Gasteiger partial charge is 0.306 e. The van der Waals surface area contributed by atoms with Crippen molar-refractivity contribution in [3.63, 3.8) is 0 Å². The van der Waals surface area contributed by atoms with E-state index < -0.39 is 30.3 Å². The Balaban J connectivity index is 1.67. The van der Waals surface area contributed by atoms with Crippen LogP contribution < -0.4 is 16.2 Å². The normalized spacial score (nSPS) is 10.1. The summed E-state index contributed by atoms with van der Waals surface area (Å²) >= 11 is 3.37. The second-order valence-electron chi connectivity index (χ2n) is 6.23. The third-order valence-electron chi connectivity index (χ3n) is 3.99. The predicted molar refractivity (Wildman–Crippen MR) is 114 cm³/mol. The highest BCUT2D eigenvalue weighted by Gasteiger charge is 2.13. The van der Waals surface area contributed by atoms with Crippen molar-refractivity contribution >= 4 is 45.3 Å². The highest BCUT2D eigenvalue weighted by Crippen LogP contribution is 2.21. The van der Waals surface area contributed by atoms with E-state index in [9.17, 15) is 19.2 Å². The van der Waals surface area contributed by atoms with Crippen LogP contribution in [0.4, 0.5) is 5.69 Å². The molecule has 30 heavy (non-hydrogen) atoms. The number of hydrogen-bond donors (Lipinski definition) is 3. The first kappa shape index (κ1) is 23.1. The van der Waals surface area contributed by atoms with Gasteiger partial charge in [0.2, 0.25) is 5.91 Å². The molecule has 0 atom stereocenters. The molecule has 9 heteroatoms. The summed E-state index contributed by atoms with van der Waals surface area (Å²) in [6, 6.07) is 13.8. The van der Waals surface area contributed by atoms with E-state index in [2.05, 4.69) is 32.1 Å². The first-order valence-corrected chi connectivity index (χ1v) is 10.1. The Hall–Kier alpha value is -3.20.